The predicted octanol–water partition coefficient (Wildman–Crippen LogP) is 3.56. The highest BCUT2D eigenvalue weighted by molar-refractivity contribution is 7.10. The van der Waals surface area contributed by atoms with Gasteiger partial charge < -0.3 is 18.9 Å². The number of thiazole rings is 1. The quantitative estimate of drug-likeness (QED) is 0.718. The van der Waals surface area contributed by atoms with E-state index >= 15 is 0 Å². The second-order valence-corrected chi connectivity index (χ2v) is 10.3. The summed E-state index contributed by atoms with van der Waals surface area (Å²) in [6.07, 6.45) is 1.57. The van der Waals surface area contributed by atoms with Crippen molar-refractivity contribution in [2.24, 2.45) is 0 Å². The number of likely N-dealkylation sites (tertiary alicyclic amines) is 1. The molecule has 0 unspecified atom stereocenters. The van der Waals surface area contributed by atoms with Crippen molar-refractivity contribution in [1.29, 1.82) is 0 Å². The van der Waals surface area contributed by atoms with Crippen molar-refractivity contribution in [3.63, 3.8) is 0 Å². The smallest absolute Gasteiger partial charge is 0.444 e. The SMILES string of the molecule is CC(C)(C)OC(=O)N1CCC(c2nc(B3OC(C)(C)C(C)(C)O3)cs2)CC1. The molecule has 6 nitrogen and oxygen atoms in total. The topological polar surface area (TPSA) is 60.9 Å². The molecular formula is C19H31BN2O4S. The van der Waals surface area contributed by atoms with Gasteiger partial charge in [-0.1, -0.05) is 0 Å². The molecule has 3 heterocycles. The van der Waals surface area contributed by atoms with Crippen LogP contribution in [0.15, 0.2) is 5.38 Å². The molecule has 0 N–H and O–H groups in total. The van der Waals surface area contributed by atoms with Crippen LogP contribution in [0.25, 0.3) is 0 Å². The highest BCUT2D eigenvalue weighted by Gasteiger charge is 2.52. The van der Waals surface area contributed by atoms with E-state index in [-0.39, 0.29) is 17.3 Å². The Labute approximate surface area is 166 Å². The molecule has 2 saturated heterocycles. The molecule has 0 atom stereocenters. The molecule has 8 heteroatoms. The van der Waals surface area contributed by atoms with E-state index < -0.39 is 12.7 Å². The lowest BCUT2D eigenvalue weighted by molar-refractivity contribution is 0.00578. The summed E-state index contributed by atoms with van der Waals surface area (Å²) in [6, 6.07) is 0. The summed E-state index contributed by atoms with van der Waals surface area (Å²) in [6.45, 7) is 15.3. The molecule has 0 aliphatic carbocycles. The number of ether oxygens (including phenoxy) is 1. The minimum Gasteiger partial charge on any atom is -0.444 e. The van der Waals surface area contributed by atoms with Crippen LogP contribution in [0.4, 0.5) is 4.79 Å². The molecule has 1 aromatic heterocycles. The van der Waals surface area contributed by atoms with Gasteiger partial charge in [0, 0.05) is 24.4 Å². The first-order valence-electron chi connectivity index (χ1n) is 9.67. The van der Waals surface area contributed by atoms with Gasteiger partial charge in [-0.2, -0.15) is 0 Å². The van der Waals surface area contributed by atoms with Crippen LogP contribution in [0.2, 0.25) is 0 Å². The zero-order valence-electron chi connectivity index (χ0n) is 17.5. The zero-order chi connectivity index (χ0) is 20.0. The molecule has 2 fully saturated rings. The molecule has 0 spiro atoms. The minimum absolute atomic E-state index is 0.224. The van der Waals surface area contributed by atoms with Gasteiger partial charge in [0.05, 0.1) is 21.8 Å². The number of piperidine rings is 1. The zero-order valence-corrected chi connectivity index (χ0v) is 18.3. The lowest BCUT2D eigenvalue weighted by atomic mass is 9.86. The Balaban J connectivity index is 1.58. The van der Waals surface area contributed by atoms with Crippen LogP contribution in [-0.4, -0.2) is 53.0 Å². The van der Waals surface area contributed by atoms with Crippen molar-refractivity contribution in [2.75, 3.05) is 13.1 Å². The summed E-state index contributed by atoms with van der Waals surface area (Å²) in [7, 11) is -0.415. The monoisotopic (exact) mass is 394 g/mol. The molecule has 0 aromatic carbocycles. The minimum atomic E-state index is -0.457. The van der Waals surface area contributed by atoms with E-state index in [4.69, 9.17) is 19.0 Å². The van der Waals surface area contributed by atoms with E-state index in [1.54, 1.807) is 16.2 Å². The first-order valence-corrected chi connectivity index (χ1v) is 10.5. The highest BCUT2D eigenvalue weighted by Crippen LogP contribution is 2.37. The Morgan fingerprint density at radius 1 is 1.22 bits per heavy atom. The third-order valence-electron chi connectivity index (χ3n) is 5.53. The maximum atomic E-state index is 12.2. The normalized spacial score (nSPS) is 22.9. The maximum absolute atomic E-state index is 12.2. The summed E-state index contributed by atoms with van der Waals surface area (Å²) in [5.74, 6) is 0.366. The summed E-state index contributed by atoms with van der Waals surface area (Å²) >= 11 is 1.66. The van der Waals surface area contributed by atoms with E-state index in [1.807, 2.05) is 53.8 Å². The molecule has 3 rings (SSSR count). The number of nitrogens with zero attached hydrogens (tertiary/aromatic N) is 2. The predicted molar refractivity (Wildman–Crippen MR) is 108 cm³/mol. The Morgan fingerprint density at radius 2 is 1.78 bits per heavy atom. The summed E-state index contributed by atoms with van der Waals surface area (Å²) in [4.78, 5) is 18.8. The number of hydrogen-bond donors (Lipinski definition) is 0. The van der Waals surface area contributed by atoms with E-state index in [9.17, 15) is 4.79 Å². The van der Waals surface area contributed by atoms with Gasteiger partial charge in [-0.15, -0.1) is 11.3 Å². The average molecular weight is 394 g/mol. The standard InChI is InChI=1S/C19H31BN2O4S/c1-17(2,3)24-16(23)22-10-8-13(9-11-22)15-21-14(12-27-15)20-25-18(4,5)19(6,7)26-20/h12-13H,8-11H2,1-7H3. The average Bonchev–Trinajstić information content (AvgIpc) is 3.09. The fourth-order valence-electron chi connectivity index (χ4n) is 3.20. The van der Waals surface area contributed by atoms with Crippen LogP contribution in [0.3, 0.4) is 0 Å². The Bertz CT molecular complexity index is 674. The second kappa shape index (κ2) is 7.05. The van der Waals surface area contributed by atoms with Crippen LogP contribution >= 0.6 is 11.3 Å². The fraction of sp³-hybridized carbons (Fsp3) is 0.789. The van der Waals surface area contributed by atoms with Crippen molar-refractivity contribution in [3.8, 4) is 0 Å². The van der Waals surface area contributed by atoms with Gasteiger partial charge in [0.15, 0.2) is 0 Å². The lowest BCUT2D eigenvalue weighted by Crippen LogP contribution is -2.41. The molecule has 0 saturated carbocycles. The molecule has 27 heavy (non-hydrogen) atoms. The third-order valence-corrected chi connectivity index (χ3v) is 6.56. The number of carbonyl (C=O) groups excluding carboxylic acids is 1. The highest BCUT2D eigenvalue weighted by atomic mass is 32.1. The van der Waals surface area contributed by atoms with E-state index in [1.165, 1.54) is 0 Å². The van der Waals surface area contributed by atoms with Crippen LogP contribution in [-0.2, 0) is 14.0 Å². The van der Waals surface area contributed by atoms with Gasteiger partial charge in [0.1, 0.15) is 5.60 Å². The van der Waals surface area contributed by atoms with Crippen molar-refractivity contribution < 1.29 is 18.8 Å². The van der Waals surface area contributed by atoms with Crippen molar-refractivity contribution in [1.82, 2.24) is 9.88 Å². The summed E-state index contributed by atoms with van der Waals surface area (Å²) in [5, 5.41) is 3.14. The van der Waals surface area contributed by atoms with E-state index in [0.29, 0.717) is 19.0 Å². The first-order chi connectivity index (χ1) is 12.4. The second-order valence-electron chi connectivity index (χ2n) is 9.44. The van der Waals surface area contributed by atoms with Crippen molar-refractivity contribution in [2.45, 2.75) is 84.0 Å². The number of amides is 1. The van der Waals surface area contributed by atoms with Crippen LogP contribution in [0, 0.1) is 0 Å². The Hall–Kier alpha value is -1.12. The summed E-state index contributed by atoms with van der Waals surface area (Å²) in [5.41, 5.74) is -0.329. The fourth-order valence-corrected chi connectivity index (χ4v) is 4.19. The Morgan fingerprint density at radius 3 is 2.30 bits per heavy atom. The molecule has 2 aliphatic rings. The summed E-state index contributed by atoms with van der Waals surface area (Å²) < 4.78 is 17.7. The third kappa shape index (κ3) is 4.49. The van der Waals surface area contributed by atoms with Crippen molar-refractivity contribution >= 4 is 30.1 Å². The molecule has 1 aromatic rings. The number of aromatic nitrogens is 1. The van der Waals surface area contributed by atoms with Crippen LogP contribution in [0.1, 0.15) is 72.2 Å². The van der Waals surface area contributed by atoms with Crippen molar-refractivity contribution in [3.05, 3.63) is 10.4 Å². The van der Waals surface area contributed by atoms with E-state index in [0.717, 1.165) is 23.4 Å². The van der Waals surface area contributed by atoms with Gasteiger partial charge in [0.2, 0.25) is 0 Å². The molecule has 0 radical (unpaired) electrons. The molecular weight excluding hydrogens is 363 g/mol. The van der Waals surface area contributed by atoms with Gasteiger partial charge in [-0.3, -0.25) is 0 Å². The molecule has 2 aliphatic heterocycles. The van der Waals surface area contributed by atoms with Crippen LogP contribution < -0.4 is 5.59 Å². The number of rotatable bonds is 2. The van der Waals surface area contributed by atoms with Gasteiger partial charge in [-0.05, 0) is 61.3 Å². The van der Waals surface area contributed by atoms with E-state index in [2.05, 4.69) is 0 Å². The number of carbonyl (C=O) groups is 1. The lowest BCUT2D eigenvalue weighted by Gasteiger charge is -2.32. The maximum Gasteiger partial charge on any atom is 0.515 e. The largest absolute Gasteiger partial charge is 0.515 e. The van der Waals surface area contributed by atoms with Gasteiger partial charge in [-0.25, -0.2) is 9.78 Å². The molecule has 150 valence electrons. The Kier molecular flexibility index (Phi) is 5.38. The number of hydrogen-bond acceptors (Lipinski definition) is 6. The molecule has 1 amide bonds. The van der Waals surface area contributed by atoms with Crippen LogP contribution in [0.5, 0.6) is 0 Å². The van der Waals surface area contributed by atoms with Gasteiger partial charge >= 0.3 is 13.2 Å². The first kappa shape index (κ1) is 20.6. The van der Waals surface area contributed by atoms with Gasteiger partial charge in [0.25, 0.3) is 0 Å². The molecule has 0 bridgehead atoms.